The van der Waals surface area contributed by atoms with Gasteiger partial charge in [0, 0.05) is 18.0 Å². The van der Waals surface area contributed by atoms with Gasteiger partial charge in [0.2, 0.25) is 0 Å². The summed E-state index contributed by atoms with van der Waals surface area (Å²) in [6, 6.07) is 7.92. The molecule has 0 heterocycles. The molecule has 4 heteroatoms. The van der Waals surface area contributed by atoms with Gasteiger partial charge in [-0.05, 0) is 30.9 Å². The van der Waals surface area contributed by atoms with Crippen molar-refractivity contribution in [2.75, 3.05) is 6.61 Å². The first-order valence-corrected chi connectivity index (χ1v) is 7.25. The molecule has 20 heavy (non-hydrogen) atoms. The van der Waals surface area contributed by atoms with Gasteiger partial charge in [-0.3, -0.25) is 0 Å². The van der Waals surface area contributed by atoms with Gasteiger partial charge in [-0.15, -0.1) is 0 Å². The Morgan fingerprint density at radius 2 is 2.20 bits per heavy atom. The number of nitrogens with one attached hydrogen (secondary N) is 2. The molecule has 2 atom stereocenters. The molecule has 4 nitrogen and oxygen atoms in total. The highest BCUT2D eigenvalue weighted by molar-refractivity contribution is 5.74. The number of amides is 2. The summed E-state index contributed by atoms with van der Waals surface area (Å²) in [5.41, 5.74) is 2.12. The van der Waals surface area contributed by atoms with Crippen LogP contribution in [0.4, 0.5) is 4.79 Å². The average Bonchev–Trinajstić information content (AvgIpc) is 2.80. The fourth-order valence-corrected chi connectivity index (χ4v) is 2.86. The maximum Gasteiger partial charge on any atom is 0.315 e. The van der Waals surface area contributed by atoms with E-state index in [2.05, 4.69) is 10.6 Å². The smallest absolute Gasteiger partial charge is 0.315 e. The van der Waals surface area contributed by atoms with E-state index in [-0.39, 0.29) is 24.1 Å². The summed E-state index contributed by atoms with van der Waals surface area (Å²) in [4.78, 5) is 12.0. The topological polar surface area (TPSA) is 61.4 Å². The van der Waals surface area contributed by atoms with Crippen molar-refractivity contribution >= 4 is 6.03 Å². The highest BCUT2D eigenvalue weighted by Crippen LogP contribution is 2.37. The molecule has 3 N–H and O–H groups in total. The minimum atomic E-state index is -0.181. The normalized spacial score (nSPS) is 25.4. The summed E-state index contributed by atoms with van der Waals surface area (Å²) >= 11 is 0. The Kier molecular flexibility index (Phi) is 4.65. The maximum atomic E-state index is 12.0. The minimum absolute atomic E-state index is 0.0596. The molecule has 2 amide bonds. The third-order valence-electron chi connectivity index (χ3n) is 4.45. The van der Waals surface area contributed by atoms with Crippen LogP contribution in [0.25, 0.3) is 0 Å². The molecule has 2 unspecified atom stereocenters. The fourth-order valence-electron chi connectivity index (χ4n) is 2.86. The third kappa shape index (κ3) is 3.31. The summed E-state index contributed by atoms with van der Waals surface area (Å²) in [6.07, 6.45) is 2.96. The molecule has 1 saturated carbocycles. The molecular formula is C16H24N2O2. The Bertz CT molecular complexity index is 475. The Balaban J connectivity index is 1.86. The number of aryl methyl sites for hydroxylation is 1. The highest BCUT2D eigenvalue weighted by Gasteiger charge is 2.39. The van der Waals surface area contributed by atoms with Gasteiger partial charge in [0.25, 0.3) is 0 Å². The van der Waals surface area contributed by atoms with Crippen molar-refractivity contribution in [3.8, 4) is 0 Å². The predicted molar refractivity (Wildman–Crippen MR) is 79.4 cm³/mol. The molecule has 0 radical (unpaired) electrons. The molecule has 0 aromatic heterocycles. The molecule has 110 valence electrons. The molecule has 0 spiro atoms. The SMILES string of the molecule is Cc1ccccc1CNC(=O)NC1CCCC1(C)CO. The van der Waals surface area contributed by atoms with E-state index in [1.165, 1.54) is 5.56 Å². The van der Waals surface area contributed by atoms with Crippen molar-refractivity contribution in [2.24, 2.45) is 5.41 Å². The zero-order valence-electron chi connectivity index (χ0n) is 12.3. The second kappa shape index (κ2) is 6.27. The van der Waals surface area contributed by atoms with Crippen molar-refractivity contribution in [1.82, 2.24) is 10.6 Å². The lowest BCUT2D eigenvalue weighted by molar-refractivity contribution is 0.121. The van der Waals surface area contributed by atoms with Crippen molar-refractivity contribution in [3.63, 3.8) is 0 Å². The van der Waals surface area contributed by atoms with E-state index < -0.39 is 0 Å². The zero-order chi connectivity index (χ0) is 14.6. The molecule has 2 rings (SSSR count). The Labute approximate surface area is 120 Å². The van der Waals surface area contributed by atoms with E-state index in [1.807, 2.05) is 38.1 Å². The maximum absolute atomic E-state index is 12.0. The number of aliphatic hydroxyl groups is 1. The van der Waals surface area contributed by atoms with E-state index in [0.29, 0.717) is 6.54 Å². The lowest BCUT2D eigenvalue weighted by Crippen LogP contribution is -2.48. The number of urea groups is 1. The average molecular weight is 276 g/mol. The van der Waals surface area contributed by atoms with Gasteiger partial charge in [-0.2, -0.15) is 0 Å². The standard InChI is InChI=1S/C16H24N2O2/c1-12-6-3-4-7-13(12)10-17-15(20)18-14-8-5-9-16(14,2)11-19/h3-4,6-7,14,19H,5,8-11H2,1-2H3,(H2,17,18,20). The van der Waals surface area contributed by atoms with Crippen molar-refractivity contribution in [1.29, 1.82) is 0 Å². The number of carbonyl (C=O) groups excluding carboxylic acids is 1. The number of benzene rings is 1. The van der Waals surface area contributed by atoms with Crippen LogP contribution in [0.1, 0.15) is 37.3 Å². The molecule has 0 aliphatic heterocycles. The first kappa shape index (κ1) is 14.9. The zero-order valence-corrected chi connectivity index (χ0v) is 12.3. The summed E-state index contributed by atoms with van der Waals surface area (Å²) in [5, 5.41) is 15.4. The Morgan fingerprint density at radius 1 is 1.45 bits per heavy atom. The number of hydrogen-bond donors (Lipinski definition) is 3. The van der Waals surface area contributed by atoms with Gasteiger partial charge in [0.15, 0.2) is 0 Å². The van der Waals surface area contributed by atoms with Gasteiger partial charge in [0.05, 0.1) is 6.61 Å². The highest BCUT2D eigenvalue weighted by atomic mass is 16.3. The van der Waals surface area contributed by atoms with E-state index in [1.54, 1.807) is 0 Å². The van der Waals surface area contributed by atoms with Crippen molar-refractivity contribution < 1.29 is 9.90 Å². The Morgan fingerprint density at radius 3 is 2.90 bits per heavy atom. The van der Waals surface area contributed by atoms with Crippen LogP contribution >= 0.6 is 0 Å². The van der Waals surface area contributed by atoms with E-state index in [0.717, 1.165) is 24.8 Å². The molecule has 1 fully saturated rings. The third-order valence-corrected chi connectivity index (χ3v) is 4.45. The van der Waals surface area contributed by atoms with Crippen LogP contribution in [0, 0.1) is 12.3 Å². The second-order valence-electron chi connectivity index (χ2n) is 6.01. The van der Waals surface area contributed by atoms with Gasteiger partial charge in [0.1, 0.15) is 0 Å². The first-order chi connectivity index (χ1) is 9.55. The number of aliphatic hydroxyl groups excluding tert-OH is 1. The summed E-state index contributed by atoms with van der Waals surface area (Å²) in [6.45, 7) is 4.72. The minimum Gasteiger partial charge on any atom is -0.396 e. The summed E-state index contributed by atoms with van der Waals surface area (Å²) in [7, 11) is 0. The Hall–Kier alpha value is -1.55. The van der Waals surface area contributed by atoms with Gasteiger partial charge < -0.3 is 15.7 Å². The molecule has 1 aromatic carbocycles. The molecule has 1 aliphatic carbocycles. The van der Waals surface area contributed by atoms with E-state index in [4.69, 9.17) is 0 Å². The van der Waals surface area contributed by atoms with E-state index >= 15 is 0 Å². The van der Waals surface area contributed by atoms with Crippen LogP contribution in [0.2, 0.25) is 0 Å². The first-order valence-electron chi connectivity index (χ1n) is 7.25. The van der Waals surface area contributed by atoms with E-state index in [9.17, 15) is 9.90 Å². The van der Waals surface area contributed by atoms with Crippen LogP contribution in [0.15, 0.2) is 24.3 Å². The van der Waals surface area contributed by atoms with Gasteiger partial charge >= 0.3 is 6.03 Å². The molecular weight excluding hydrogens is 252 g/mol. The van der Waals surface area contributed by atoms with Crippen LogP contribution in [0.3, 0.4) is 0 Å². The van der Waals surface area contributed by atoms with Crippen molar-refractivity contribution in [2.45, 2.75) is 45.7 Å². The van der Waals surface area contributed by atoms with Crippen LogP contribution in [0.5, 0.6) is 0 Å². The molecule has 0 bridgehead atoms. The lowest BCUT2D eigenvalue weighted by Gasteiger charge is -2.30. The van der Waals surface area contributed by atoms with Gasteiger partial charge in [-0.1, -0.05) is 37.6 Å². The number of rotatable bonds is 4. The van der Waals surface area contributed by atoms with Crippen LogP contribution < -0.4 is 10.6 Å². The molecule has 1 aromatic rings. The monoisotopic (exact) mass is 276 g/mol. The van der Waals surface area contributed by atoms with Crippen molar-refractivity contribution in [3.05, 3.63) is 35.4 Å². The predicted octanol–water partition coefficient (Wildman–Crippen LogP) is 2.35. The fraction of sp³-hybridized carbons (Fsp3) is 0.562. The second-order valence-corrected chi connectivity index (χ2v) is 6.01. The van der Waals surface area contributed by atoms with Gasteiger partial charge in [-0.25, -0.2) is 4.79 Å². The quantitative estimate of drug-likeness (QED) is 0.790. The van der Waals surface area contributed by atoms with Crippen LogP contribution in [-0.2, 0) is 6.54 Å². The number of hydrogen-bond acceptors (Lipinski definition) is 2. The summed E-state index contributed by atoms with van der Waals surface area (Å²) in [5.74, 6) is 0. The molecule has 1 aliphatic rings. The van der Waals surface area contributed by atoms with Crippen LogP contribution in [-0.4, -0.2) is 23.8 Å². The largest absolute Gasteiger partial charge is 0.396 e. The number of carbonyl (C=O) groups is 1. The summed E-state index contributed by atoms with van der Waals surface area (Å²) < 4.78 is 0. The lowest BCUT2D eigenvalue weighted by atomic mass is 9.86. The molecule has 0 saturated heterocycles.